The molecular formula is C9H13IN2. The number of rotatable bonds is 2. The average Bonchev–Trinajstić information content (AvgIpc) is 2.32. The molecule has 0 saturated carbocycles. The first-order chi connectivity index (χ1) is 5.66. The van der Waals surface area contributed by atoms with E-state index in [-0.39, 0.29) is 0 Å². The summed E-state index contributed by atoms with van der Waals surface area (Å²) in [4.78, 5) is 4.32. The summed E-state index contributed by atoms with van der Waals surface area (Å²) in [6, 6.07) is 0. The molecule has 0 N–H and O–H groups in total. The van der Waals surface area contributed by atoms with Crippen LogP contribution in [0.4, 0.5) is 0 Å². The van der Waals surface area contributed by atoms with Crippen LogP contribution in [0, 0.1) is 0 Å². The number of hydrogen-bond acceptors (Lipinski definition) is 2. The molecule has 1 aliphatic heterocycles. The predicted octanol–water partition coefficient (Wildman–Crippen LogP) is 2.92. The van der Waals surface area contributed by atoms with E-state index in [1.807, 2.05) is 20.1 Å². The second kappa shape index (κ2) is 4.07. The topological polar surface area (TPSA) is 15.6 Å². The zero-order valence-corrected chi connectivity index (χ0v) is 9.63. The van der Waals surface area contributed by atoms with Gasteiger partial charge in [-0.3, -0.25) is 4.99 Å². The lowest BCUT2D eigenvalue weighted by Gasteiger charge is -2.12. The standard InChI is InChI=1S/C9H13IN2/c1-4-11-8-5-6-12(10)9(8)7(2)3/h4H,2,5-6H2,1,3H3/b11-4-. The van der Waals surface area contributed by atoms with Crippen molar-refractivity contribution in [3.05, 3.63) is 23.5 Å². The van der Waals surface area contributed by atoms with Crippen LogP contribution in [0.25, 0.3) is 0 Å². The molecule has 3 heteroatoms. The van der Waals surface area contributed by atoms with Gasteiger partial charge in [0.15, 0.2) is 0 Å². The number of allylic oxidation sites excluding steroid dienone is 1. The maximum absolute atomic E-state index is 4.32. The van der Waals surface area contributed by atoms with Crippen LogP contribution < -0.4 is 0 Å². The molecular weight excluding hydrogens is 263 g/mol. The van der Waals surface area contributed by atoms with E-state index in [0.29, 0.717) is 0 Å². The molecule has 0 aromatic heterocycles. The van der Waals surface area contributed by atoms with Gasteiger partial charge in [-0.15, -0.1) is 0 Å². The van der Waals surface area contributed by atoms with Crippen molar-refractivity contribution in [2.45, 2.75) is 20.3 Å². The summed E-state index contributed by atoms with van der Waals surface area (Å²) in [5.74, 6) is 0. The first-order valence-corrected chi connectivity index (χ1v) is 4.94. The van der Waals surface area contributed by atoms with Gasteiger partial charge in [0.1, 0.15) is 0 Å². The zero-order valence-electron chi connectivity index (χ0n) is 7.47. The van der Waals surface area contributed by atoms with Crippen LogP contribution in [-0.4, -0.2) is 15.9 Å². The van der Waals surface area contributed by atoms with Gasteiger partial charge in [-0.25, -0.2) is 0 Å². The molecule has 0 unspecified atom stereocenters. The maximum atomic E-state index is 4.32. The first-order valence-electron chi connectivity index (χ1n) is 3.98. The van der Waals surface area contributed by atoms with Crippen LogP contribution in [0.3, 0.4) is 0 Å². The van der Waals surface area contributed by atoms with Crippen molar-refractivity contribution in [2.75, 3.05) is 6.54 Å². The highest BCUT2D eigenvalue weighted by Gasteiger charge is 2.19. The molecule has 0 aromatic carbocycles. The molecule has 0 spiro atoms. The van der Waals surface area contributed by atoms with E-state index < -0.39 is 0 Å². The van der Waals surface area contributed by atoms with Crippen LogP contribution in [0.5, 0.6) is 0 Å². The van der Waals surface area contributed by atoms with Gasteiger partial charge < -0.3 is 3.11 Å². The van der Waals surface area contributed by atoms with E-state index in [1.165, 1.54) is 11.4 Å². The highest BCUT2D eigenvalue weighted by atomic mass is 127. The maximum Gasteiger partial charge on any atom is 0.0696 e. The Hall–Kier alpha value is -0.320. The average molecular weight is 276 g/mol. The second-order valence-electron chi connectivity index (χ2n) is 2.80. The summed E-state index contributed by atoms with van der Waals surface area (Å²) in [7, 11) is 0. The number of halogens is 1. The van der Waals surface area contributed by atoms with Crippen molar-refractivity contribution in [3.8, 4) is 0 Å². The Bertz CT molecular complexity index is 253. The van der Waals surface area contributed by atoms with Crippen molar-refractivity contribution < 1.29 is 0 Å². The lowest BCUT2D eigenvalue weighted by atomic mass is 10.2. The van der Waals surface area contributed by atoms with E-state index >= 15 is 0 Å². The summed E-state index contributed by atoms with van der Waals surface area (Å²) >= 11 is 2.30. The Balaban J connectivity index is 2.97. The Morgan fingerprint density at radius 3 is 2.92 bits per heavy atom. The molecule has 2 nitrogen and oxygen atoms in total. The van der Waals surface area contributed by atoms with E-state index in [4.69, 9.17) is 0 Å². The summed E-state index contributed by atoms with van der Waals surface area (Å²) < 4.78 is 2.18. The summed E-state index contributed by atoms with van der Waals surface area (Å²) in [6.07, 6.45) is 2.88. The number of aliphatic imine (C=N–C) groups is 1. The van der Waals surface area contributed by atoms with Crippen LogP contribution in [-0.2, 0) is 0 Å². The van der Waals surface area contributed by atoms with Crippen LogP contribution in [0.15, 0.2) is 28.5 Å². The quantitative estimate of drug-likeness (QED) is 0.430. The van der Waals surface area contributed by atoms with Crippen molar-refractivity contribution >= 4 is 29.1 Å². The Morgan fingerprint density at radius 1 is 1.75 bits per heavy atom. The van der Waals surface area contributed by atoms with E-state index in [1.54, 1.807) is 0 Å². The largest absolute Gasteiger partial charge is 0.312 e. The number of nitrogens with zero attached hydrogens (tertiary/aromatic N) is 2. The molecule has 0 bridgehead atoms. The monoisotopic (exact) mass is 276 g/mol. The van der Waals surface area contributed by atoms with Gasteiger partial charge in [0.25, 0.3) is 0 Å². The van der Waals surface area contributed by atoms with Crippen molar-refractivity contribution in [3.63, 3.8) is 0 Å². The molecule has 0 amide bonds. The molecule has 1 aliphatic rings. The van der Waals surface area contributed by atoms with Gasteiger partial charge in [-0.2, -0.15) is 0 Å². The SMILES string of the molecule is C=C(C)C1=C(/N=C\C)CCN1I. The lowest BCUT2D eigenvalue weighted by molar-refractivity contribution is 0.681. The molecule has 0 radical (unpaired) electrons. The highest BCUT2D eigenvalue weighted by Crippen LogP contribution is 2.31. The van der Waals surface area contributed by atoms with Crippen molar-refractivity contribution in [1.82, 2.24) is 3.11 Å². The van der Waals surface area contributed by atoms with E-state index in [2.05, 4.69) is 37.5 Å². The Labute approximate surface area is 87.5 Å². The number of hydrogen-bond donors (Lipinski definition) is 0. The van der Waals surface area contributed by atoms with Gasteiger partial charge in [-0.05, 0) is 19.4 Å². The van der Waals surface area contributed by atoms with Gasteiger partial charge in [-0.1, -0.05) is 6.58 Å². The minimum absolute atomic E-state index is 1.04. The summed E-state index contributed by atoms with van der Waals surface area (Å²) in [5, 5.41) is 0. The van der Waals surface area contributed by atoms with Gasteiger partial charge >= 0.3 is 0 Å². The lowest BCUT2D eigenvalue weighted by Crippen LogP contribution is -2.05. The predicted molar refractivity (Wildman–Crippen MR) is 61.3 cm³/mol. The van der Waals surface area contributed by atoms with Crippen molar-refractivity contribution in [2.24, 2.45) is 4.99 Å². The van der Waals surface area contributed by atoms with Gasteiger partial charge in [0, 0.05) is 19.2 Å². The summed E-state index contributed by atoms with van der Waals surface area (Å²) in [5.41, 5.74) is 3.47. The van der Waals surface area contributed by atoms with E-state index in [9.17, 15) is 0 Å². The highest BCUT2D eigenvalue weighted by molar-refractivity contribution is 14.1. The minimum atomic E-state index is 1.04. The molecule has 0 saturated heterocycles. The molecule has 0 atom stereocenters. The molecule has 0 aromatic rings. The fourth-order valence-corrected chi connectivity index (χ4v) is 2.24. The fourth-order valence-electron chi connectivity index (χ4n) is 1.31. The van der Waals surface area contributed by atoms with Gasteiger partial charge in [0.2, 0.25) is 0 Å². The molecule has 66 valence electrons. The second-order valence-corrected chi connectivity index (χ2v) is 3.96. The zero-order chi connectivity index (χ0) is 9.14. The Kier molecular flexibility index (Phi) is 3.31. The van der Waals surface area contributed by atoms with Crippen LogP contribution in [0.1, 0.15) is 20.3 Å². The Morgan fingerprint density at radius 2 is 2.42 bits per heavy atom. The van der Waals surface area contributed by atoms with Crippen LogP contribution >= 0.6 is 22.9 Å². The normalized spacial score (nSPS) is 18.1. The summed E-state index contributed by atoms with van der Waals surface area (Å²) in [6.45, 7) is 8.96. The third kappa shape index (κ3) is 1.88. The molecule has 1 rings (SSSR count). The van der Waals surface area contributed by atoms with E-state index in [0.717, 1.165) is 18.5 Å². The van der Waals surface area contributed by atoms with Gasteiger partial charge in [0.05, 0.1) is 34.3 Å². The molecule has 0 fully saturated rings. The smallest absolute Gasteiger partial charge is 0.0696 e. The third-order valence-corrected chi connectivity index (χ3v) is 2.71. The fraction of sp³-hybridized carbons (Fsp3) is 0.444. The molecule has 1 heterocycles. The first kappa shape index (κ1) is 9.77. The van der Waals surface area contributed by atoms with Crippen molar-refractivity contribution in [1.29, 1.82) is 0 Å². The third-order valence-electron chi connectivity index (χ3n) is 1.75. The molecule has 0 aliphatic carbocycles. The van der Waals surface area contributed by atoms with Crippen LogP contribution in [0.2, 0.25) is 0 Å². The molecule has 12 heavy (non-hydrogen) atoms. The minimum Gasteiger partial charge on any atom is -0.312 e.